The van der Waals surface area contributed by atoms with Crippen LogP contribution in [0, 0.1) is 6.92 Å². The lowest BCUT2D eigenvalue weighted by Gasteiger charge is -2.08. The van der Waals surface area contributed by atoms with Crippen LogP contribution in [0.5, 0.6) is 0 Å². The van der Waals surface area contributed by atoms with Crippen LogP contribution in [-0.2, 0) is 6.18 Å². The molecule has 0 atom stereocenters. The highest BCUT2D eigenvalue weighted by Gasteiger charge is 2.34. The van der Waals surface area contributed by atoms with E-state index in [1.165, 1.54) is 17.4 Å². The summed E-state index contributed by atoms with van der Waals surface area (Å²) in [7, 11) is 0. The van der Waals surface area contributed by atoms with Gasteiger partial charge in [0.05, 0.1) is 0 Å². The molecule has 0 aliphatic carbocycles. The first-order valence-corrected chi connectivity index (χ1v) is 7.82. The highest BCUT2D eigenvalue weighted by molar-refractivity contribution is 8.01. The van der Waals surface area contributed by atoms with E-state index in [-0.39, 0.29) is 5.82 Å². The molecule has 0 amide bonds. The number of anilines is 1. The lowest BCUT2D eigenvalue weighted by molar-refractivity contribution is -0.144. The summed E-state index contributed by atoms with van der Waals surface area (Å²) in [5, 5.41) is 11.6. The third-order valence-electron chi connectivity index (χ3n) is 2.27. The van der Waals surface area contributed by atoms with Crippen molar-refractivity contribution in [3.63, 3.8) is 0 Å². The Morgan fingerprint density at radius 3 is 2.81 bits per heavy atom. The first kappa shape index (κ1) is 16.0. The molecular weight excluding hydrogens is 323 g/mol. The second-order valence-electron chi connectivity index (χ2n) is 3.98. The largest absolute Gasteiger partial charge is 0.451 e. The number of halogens is 3. The van der Waals surface area contributed by atoms with Crippen molar-refractivity contribution in [2.24, 2.45) is 0 Å². The lowest BCUT2D eigenvalue weighted by Crippen LogP contribution is -2.13. The van der Waals surface area contributed by atoms with Gasteiger partial charge < -0.3 is 5.32 Å². The predicted octanol–water partition coefficient (Wildman–Crippen LogP) is 3.25. The van der Waals surface area contributed by atoms with Crippen LogP contribution in [0.3, 0.4) is 0 Å². The zero-order valence-corrected chi connectivity index (χ0v) is 12.6. The Morgan fingerprint density at radius 1 is 1.33 bits per heavy atom. The Hall–Kier alpha value is -1.42. The Balaban J connectivity index is 1.73. The zero-order valence-electron chi connectivity index (χ0n) is 11.0. The molecule has 0 aliphatic rings. The maximum absolute atomic E-state index is 12.4. The second kappa shape index (κ2) is 7.03. The second-order valence-corrected chi connectivity index (χ2v) is 6.50. The van der Waals surface area contributed by atoms with Gasteiger partial charge >= 0.3 is 6.18 Å². The SMILES string of the molecule is Cc1nnc(SCCCNc2ccnc(C(F)(F)F)n2)s1. The van der Waals surface area contributed by atoms with Crippen molar-refractivity contribution in [1.82, 2.24) is 20.2 Å². The molecule has 0 unspecified atom stereocenters. The number of rotatable bonds is 6. The van der Waals surface area contributed by atoms with E-state index in [4.69, 9.17) is 0 Å². The van der Waals surface area contributed by atoms with Crippen LogP contribution >= 0.6 is 23.1 Å². The molecule has 0 saturated heterocycles. The molecule has 0 radical (unpaired) electrons. The third-order valence-corrected chi connectivity index (χ3v) is 4.33. The normalized spacial score (nSPS) is 11.6. The van der Waals surface area contributed by atoms with Gasteiger partial charge in [-0.1, -0.05) is 23.1 Å². The third kappa shape index (κ3) is 5.12. The molecule has 2 heterocycles. The van der Waals surface area contributed by atoms with Crippen molar-refractivity contribution >= 4 is 28.9 Å². The van der Waals surface area contributed by atoms with Gasteiger partial charge in [-0.2, -0.15) is 13.2 Å². The minimum absolute atomic E-state index is 0.175. The highest BCUT2D eigenvalue weighted by Crippen LogP contribution is 2.26. The fraction of sp³-hybridized carbons (Fsp3) is 0.455. The van der Waals surface area contributed by atoms with Gasteiger partial charge in [0.25, 0.3) is 0 Å². The van der Waals surface area contributed by atoms with E-state index in [1.54, 1.807) is 11.8 Å². The number of alkyl halides is 3. The van der Waals surface area contributed by atoms with E-state index in [0.29, 0.717) is 6.54 Å². The fourth-order valence-electron chi connectivity index (χ4n) is 1.38. The smallest absolute Gasteiger partial charge is 0.370 e. The van der Waals surface area contributed by atoms with E-state index in [1.807, 2.05) is 6.92 Å². The Kier molecular flexibility index (Phi) is 5.34. The molecular formula is C11H12F3N5S2. The molecule has 21 heavy (non-hydrogen) atoms. The van der Waals surface area contributed by atoms with Crippen LogP contribution in [0.1, 0.15) is 17.3 Å². The number of nitrogens with one attached hydrogen (secondary N) is 1. The molecule has 5 nitrogen and oxygen atoms in total. The average Bonchev–Trinajstić information content (AvgIpc) is 2.83. The predicted molar refractivity (Wildman–Crippen MR) is 75.5 cm³/mol. The molecule has 114 valence electrons. The van der Waals surface area contributed by atoms with Gasteiger partial charge in [-0.3, -0.25) is 0 Å². The molecule has 10 heteroatoms. The fourth-order valence-corrected chi connectivity index (χ4v) is 3.20. The average molecular weight is 335 g/mol. The summed E-state index contributed by atoms with van der Waals surface area (Å²) < 4.78 is 38.2. The molecule has 1 N–H and O–H groups in total. The first-order chi connectivity index (χ1) is 9.95. The van der Waals surface area contributed by atoms with Crippen molar-refractivity contribution in [2.45, 2.75) is 23.9 Å². The monoisotopic (exact) mass is 335 g/mol. The van der Waals surface area contributed by atoms with Crippen LogP contribution in [0.25, 0.3) is 0 Å². The molecule has 0 bridgehead atoms. The molecule has 0 aromatic carbocycles. The number of thioether (sulfide) groups is 1. The summed E-state index contributed by atoms with van der Waals surface area (Å²) in [4.78, 5) is 6.63. The van der Waals surface area contributed by atoms with Crippen molar-refractivity contribution in [3.05, 3.63) is 23.1 Å². The van der Waals surface area contributed by atoms with Crippen LogP contribution in [0.2, 0.25) is 0 Å². The van der Waals surface area contributed by atoms with E-state index >= 15 is 0 Å². The standard InChI is InChI=1S/C11H12F3N5S2/c1-7-18-19-10(21-7)20-6-2-4-15-8-3-5-16-9(17-8)11(12,13)14/h3,5H,2,4,6H2,1H3,(H,15,16,17). The Bertz CT molecular complexity index is 587. The van der Waals surface area contributed by atoms with Gasteiger partial charge in [-0.05, 0) is 19.4 Å². The lowest BCUT2D eigenvalue weighted by atomic mass is 10.4. The summed E-state index contributed by atoms with van der Waals surface area (Å²) in [6, 6.07) is 1.41. The minimum atomic E-state index is -4.52. The number of aromatic nitrogens is 4. The van der Waals surface area contributed by atoms with Gasteiger partial charge in [-0.15, -0.1) is 10.2 Å². The quantitative estimate of drug-likeness (QED) is 0.646. The summed E-state index contributed by atoms with van der Waals surface area (Å²) >= 11 is 3.10. The maximum atomic E-state index is 12.4. The van der Waals surface area contributed by atoms with Crippen molar-refractivity contribution in [1.29, 1.82) is 0 Å². The zero-order chi connectivity index (χ0) is 15.3. The molecule has 0 spiro atoms. The van der Waals surface area contributed by atoms with Gasteiger partial charge in [0.15, 0.2) is 4.34 Å². The topological polar surface area (TPSA) is 63.6 Å². The Morgan fingerprint density at radius 2 is 2.14 bits per heavy atom. The summed E-state index contributed by atoms with van der Waals surface area (Å²) in [5.41, 5.74) is 0. The van der Waals surface area contributed by atoms with Crippen molar-refractivity contribution < 1.29 is 13.2 Å². The van der Waals surface area contributed by atoms with E-state index in [0.717, 1.165) is 27.7 Å². The van der Waals surface area contributed by atoms with Crippen LogP contribution in [-0.4, -0.2) is 32.5 Å². The summed E-state index contributed by atoms with van der Waals surface area (Å²) in [5.74, 6) is -0.154. The summed E-state index contributed by atoms with van der Waals surface area (Å²) in [6.45, 7) is 2.41. The first-order valence-electron chi connectivity index (χ1n) is 6.02. The van der Waals surface area contributed by atoms with E-state index in [9.17, 15) is 13.2 Å². The molecule has 2 rings (SSSR count). The van der Waals surface area contributed by atoms with Gasteiger partial charge in [-0.25, -0.2) is 9.97 Å². The van der Waals surface area contributed by atoms with E-state index < -0.39 is 12.0 Å². The van der Waals surface area contributed by atoms with Crippen molar-refractivity contribution in [3.8, 4) is 0 Å². The van der Waals surface area contributed by atoms with Crippen LogP contribution in [0.4, 0.5) is 19.0 Å². The molecule has 0 fully saturated rings. The highest BCUT2D eigenvalue weighted by atomic mass is 32.2. The molecule has 2 aromatic rings. The maximum Gasteiger partial charge on any atom is 0.451 e. The number of aryl methyl sites for hydroxylation is 1. The number of nitrogens with zero attached hydrogens (tertiary/aromatic N) is 4. The number of hydrogen-bond donors (Lipinski definition) is 1. The van der Waals surface area contributed by atoms with Crippen LogP contribution in [0.15, 0.2) is 16.6 Å². The van der Waals surface area contributed by atoms with Gasteiger partial charge in [0.1, 0.15) is 10.8 Å². The molecule has 2 aromatic heterocycles. The van der Waals surface area contributed by atoms with Gasteiger partial charge in [0.2, 0.25) is 5.82 Å². The summed E-state index contributed by atoms with van der Waals surface area (Å²) in [6.07, 6.45) is -2.66. The molecule has 0 aliphatic heterocycles. The van der Waals surface area contributed by atoms with Gasteiger partial charge in [0, 0.05) is 18.5 Å². The minimum Gasteiger partial charge on any atom is -0.370 e. The number of hydrogen-bond acceptors (Lipinski definition) is 7. The Labute approximate surface area is 127 Å². The van der Waals surface area contributed by atoms with Crippen LogP contribution < -0.4 is 5.32 Å². The molecule has 0 saturated carbocycles. The van der Waals surface area contributed by atoms with E-state index in [2.05, 4.69) is 25.5 Å². The van der Waals surface area contributed by atoms with Crippen molar-refractivity contribution in [2.75, 3.05) is 17.6 Å².